The summed E-state index contributed by atoms with van der Waals surface area (Å²) in [5.41, 5.74) is 10.5. The minimum Gasteiger partial charge on any atom is -0.426 e. The fourth-order valence-electron chi connectivity index (χ4n) is 3.56. The van der Waals surface area contributed by atoms with Crippen molar-refractivity contribution >= 4 is 16.9 Å². The van der Waals surface area contributed by atoms with Gasteiger partial charge in [0.15, 0.2) is 5.82 Å². The van der Waals surface area contributed by atoms with E-state index in [2.05, 4.69) is 9.97 Å². The van der Waals surface area contributed by atoms with Gasteiger partial charge in [-0.05, 0) is 35.4 Å². The molecule has 2 aromatic heterocycles. The molecule has 0 spiro atoms. The second-order valence-electron chi connectivity index (χ2n) is 6.88. The number of fused-ring (bicyclic) bond motifs is 1. The molecule has 0 unspecified atom stereocenters. The van der Waals surface area contributed by atoms with Crippen LogP contribution in [0.2, 0.25) is 0 Å². The molecule has 0 aliphatic rings. The Balaban J connectivity index is 1.55. The molecule has 0 fully saturated rings. The zero-order valence-electron chi connectivity index (χ0n) is 15.8. The van der Waals surface area contributed by atoms with Gasteiger partial charge < -0.3 is 15.5 Å². The van der Waals surface area contributed by atoms with Crippen LogP contribution in [0.3, 0.4) is 0 Å². The van der Waals surface area contributed by atoms with Crippen LogP contribution in [0.1, 0.15) is 10.4 Å². The first-order valence-electron chi connectivity index (χ1n) is 9.31. The molecule has 0 aliphatic carbocycles. The van der Waals surface area contributed by atoms with Crippen LogP contribution < -0.4 is 5.73 Å². The summed E-state index contributed by atoms with van der Waals surface area (Å²) in [7, 11) is 0. The standard InChI is InChI=1S/C23H17N5O2/c24-22(29)19-4-2-1-3-18(19)15-5-7-16(8-6-15)23-26-20-10-9-17(13-21(20)28(23)30)27-12-11-25-14-27/h1-14,30H,(H2,24,29). The number of carbonyl (C=O) groups excluding carboxylic acids is 1. The Morgan fingerprint density at radius 1 is 0.967 bits per heavy atom. The lowest BCUT2D eigenvalue weighted by Crippen LogP contribution is -2.12. The van der Waals surface area contributed by atoms with Crippen LogP contribution in [0.25, 0.3) is 39.2 Å². The van der Waals surface area contributed by atoms with E-state index in [0.717, 1.165) is 27.1 Å². The summed E-state index contributed by atoms with van der Waals surface area (Å²) in [6.07, 6.45) is 5.23. The smallest absolute Gasteiger partial charge is 0.249 e. The van der Waals surface area contributed by atoms with E-state index in [1.807, 2.05) is 65.4 Å². The van der Waals surface area contributed by atoms with E-state index in [1.165, 1.54) is 0 Å². The highest BCUT2D eigenvalue weighted by Gasteiger charge is 2.14. The zero-order valence-corrected chi connectivity index (χ0v) is 15.8. The van der Waals surface area contributed by atoms with Gasteiger partial charge in [0.05, 0.1) is 11.8 Å². The van der Waals surface area contributed by atoms with Gasteiger partial charge in [0.1, 0.15) is 5.52 Å². The lowest BCUT2D eigenvalue weighted by atomic mass is 9.98. The van der Waals surface area contributed by atoms with E-state index in [-0.39, 0.29) is 0 Å². The summed E-state index contributed by atoms with van der Waals surface area (Å²) in [5.74, 6) is -0.0389. The predicted octanol–water partition coefficient (Wildman–Crippen LogP) is 3.89. The van der Waals surface area contributed by atoms with E-state index in [4.69, 9.17) is 5.73 Å². The third kappa shape index (κ3) is 2.89. The van der Waals surface area contributed by atoms with E-state index >= 15 is 0 Å². The van der Waals surface area contributed by atoms with Crippen molar-refractivity contribution in [2.45, 2.75) is 0 Å². The highest BCUT2D eigenvalue weighted by atomic mass is 16.5. The van der Waals surface area contributed by atoms with Gasteiger partial charge in [0.2, 0.25) is 5.91 Å². The second kappa shape index (κ2) is 6.89. The van der Waals surface area contributed by atoms with Gasteiger partial charge in [-0.3, -0.25) is 4.79 Å². The molecule has 2 heterocycles. The number of imidazole rings is 2. The van der Waals surface area contributed by atoms with Gasteiger partial charge >= 0.3 is 0 Å². The first kappa shape index (κ1) is 17.7. The molecule has 5 rings (SSSR count). The normalized spacial score (nSPS) is 11.1. The van der Waals surface area contributed by atoms with Crippen molar-refractivity contribution in [3.63, 3.8) is 0 Å². The molecule has 0 atom stereocenters. The van der Waals surface area contributed by atoms with Crippen molar-refractivity contribution in [2.75, 3.05) is 0 Å². The Morgan fingerprint density at radius 2 is 1.73 bits per heavy atom. The van der Waals surface area contributed by atoms with Gasteiger partial charge in [-0.25, -0.2) is 9.97 Å². The molecule has 146 valence electrons. The highest BCUT2D eigenvalue weighted by Crippen LogP contribution is 2.29. The van der Waals surface area contributed by atoms with E-state index < -0.39 is 5.91 Å². The van der Waals surface area contributed by atoms with Crippen LogP contribution in [0.4, 0.5) is 0 Å². The monoisotopic (exact) mass is 395 g/mol. The van der Waals surface area contributed by atoms with Crippen LogP contribution in [0.15, 0.2) is 85.5 Å². The third-order valence-corrected chi connectivity index (χ3v) is 5.06. The lowest BCUT2D eigenvalue weighted by Gasteiger charge is -2.08. The maximum atomic E-state index is 11.7. The summed E-state index contributed by atoms with van der Waals surface area (Å²) in [4.78, 5) is 20.3. The number of nitrogens with zero attached hydrogens (tertiary/aromatic N) is 4. The van der Waals surface area contributed by atoms with Crippen molar-refractivity contribution in [1.82, 2.24) is 19.3 Å². The van der Waals surface area contributed by atoms with Crippen molar-refractivity contribution in [2.24, 2.45) is 5.73 Å². The molecule has 0 saturated heterocycles. The molecule has 0 radical (unpaired) electrons. The average Bonchev–Trinajstić information content (AvgIpc) is 3.42. The van der Waals surface area contributed by atoms with Crippen LogP contribution in [0, 0.1) is 0 Å². The first-order chi connectivity index (χ1) is 14.6. The van der Waals surface area contributed by atoms with Crippen molar-refractivity contribution in [3.05, 3.63) is 91.0 Å². The molecule has 0 saturated carbocycles. The second-order valence-corrected chi connectivity index (χ2v) is 6.88. The summed E-state index contributed by atoms with van der Waals surface area (Å²) in [6.45, 7) is 0. The molecule has 5 aromatic rings. The van der Waals surface area contributed by atoms with Crippen molar-refractivity contribution < 1.29 is 10.0 Å². The van der Waals surface area contributed by atoms with Gasteiger partial charge in [0.25, 0.3) is 0 Å². The predicted molar refractivity (Wildman–Crippen MR) is 113 cm³/mol. The van der Waals surface area contributed by atoms with Crippen molar-refractivity contribution in [1.29, 1.82) is 0 Å². The Hall–Kier alpha value is -4.39. The Morgan fingerprint density at radius 3 is 2.47 bits per heavy atom. The number of rotatable bonds is 4. The fraction of sp³-hybridized carbons (Fsp3) is 0. The maximum absolute atomic E-state index is 11.7. The van der Waals surface area contributed by atoms with Gasteiger partial charge in [-0.2, -0.15) is 4.73 Å². The number of carbonyl (C=O) groups is 1. The number of amides is 1. The van der Waals surface area contributed by atoms with E-state index in [1.54, 1.807) is 24.7 Å². The van der Waals surface area contributed by atoms with E-state index in [0.29, 0.717) is 22.4 Å². The van der Waals surface area contributed by atoms with Gasteiger partial charge in [0, 0.05) is 29.2 Å². The van der Waals surface area contributed by atoms with Crippen LogP contribution >= 0.6 is 0 Å². The zero-order chi connectivity index (χ0) is 20.7. The number of hydrogen-bond acceptors (Lipinski definition) is 4. The van der Waals surface area contributed by atoms with Gasteiger partial charge in [-0.15, -0.1) is 0 Å². The van der Waals surface area contributed by atoms with Crippen LogP contribution in [-0.2, 0) is 0 Å². The SMILES string of the molecule is NC(=O)c1ccccc1-c1ccc(-c2nc3ccc(-n4ccnc4)cc3n2O)cc1. The molecule has 3 N–H and O–H groups in total. The quantitative estimate of drug-likeness (QED) is 0.451. The number of aromatic nitrogens is 4. The summed E-state index contributed by atoms with van der Waals surface area (Å²) in [6, 6.07) is 20.3. The largest absolute Gasteiger partial charge is 0.426 e. The Labute approximate surface area is 171 Å². The highest BCUT2D eigenvalue weighted by molar-refractivity contribution is 5.99. The summed E-state index contributed by atoms with van der Waals surface area (Å²) in [5, 5.41) is 10.7. The fourth-order valence-corrected chi connectivity index (χ4v) is 3.56. The number of hydrogen-bond donors (Lipinski definition) is 2. The topological polar surface area (TPSA) is 99.0 Å². The number of nitrogens with two attached hydrogens (primary N) is 1. The third-order valence-electron chi connectivity index (χ3n) is 5.06. The van der Waals surface area contributed by atoms with Crippen LogP contribution in [0.5, 0.6) is 0 Å². The molecule has 7 nitrogen and oxygen atoms in total. The first-order valence-corrected chi connectivity index (χ1v) is 9.31. The van der Waals surface area contributed by atoms with Crippen LogP contribution in [-0.4, -0.2) is 30.4 Å². The molecular weight excluding hydrogens is 378 g/mol. The average molecular weight is 395 g/mol. The molecule has 3 aromatic carbocycles. The molecule has 0 aliphatic heterocycles. The maximum Gasteiger partial charge on any atom is 0.249 e. The molecule has 7 heteroatoms. The minimum atomic E-state index is -0.472. The van der Waals surface area contributed by atoms with Gasteiger partial charge in [-0.1, -0.05) is 42.5 Å². The molecular formula is C23H17N5O2. The Bertz CT molecular complexity index is 1370. The Kier molecular flexibility index (Phi) is 4.07. The van der Waals surface area contributed by atoms with Crippen molar-refractivity contribution in [3.8, 4) is 28.2 Å². The minimum absolute atomic E-state index is 0.433. The molecule has 0 bridgehead atoms. The molecule has 30 heavy (non-hydrogen) atoms. The summed E-state index contributed by atoms with van der Waals surface area (Å²) < 4.78 is 2.94. The summed E-state index contributed by atoms with van der Waals surface area (Å²) >= 11 is 0. The number of primary amides is 1. The molecule has 1 amide bonds. The number of benzene rings is 3. The lowest BCUT2D eigenvalue weighted by molar-refractivity contribution is 0.100. The van der Waals surface area contributed by atoms with E-state index in [9.17, 15) is 10.0 Å².